The molecule has 0 unspecified atom stereocenters. The molecule has 0 radical (unpaired) electrons. The van der Waals surface area contributed by atoms with Crippen LogP contribution in [0.5, 0.6) is 0 Å². The number of hydrogen-bond acceptors (Lipinski definition) is 0. The van der Waals surface area contributed by atoms with Crippen LogP contribution in [0.25, 0.3) is 122 Å². The molecule has 0 saturated carbocycles. The quantitative estimate of drug-likeness (QED) is 0.147. The average Bonchev–Trinajstić information content (AvgIpc) is 3.35. The fourth-order valence-corrected chi connectivity index (χ4v) is 10.2. The normalized spacial score (nSPS) is 12.3. The minimum atomic E-state index is 0.999. The van der Waals surface area contributed by atoms with Crippen LogP contribution in [0.2, 0.25) is 0 Å². The van der Waals surface area contributed by atoms with Gasteiger partial charge >= 0.3 is 0 Å². The Balaban J connectivity index is 1.29. The van der Waals surface area contributed by atoms with Crippen LogP contribution >= 0.6 is 0 Å². The first kappa shape index (κ1) is 36.1. The summed E-state index contributed by atoms with van der Waals surface area (Å²) < 4.78 is 0. The molecule has 0 fully saturated rings. The molecule has 0 saturated heterocycles. The van der Waals surface area contributed by atoms with Crippen molar-refractivity contribution < 1.29 is 0 Å². The van der Waals surface area contributed by atoms with Gasteiger partial charge in [-0.3, -0.25) is 0 Å². The molecule has 12 rings (SSSR count). The number of benzene rings is 11. The van der Waals surface area contributed by atoms with Crippen molar-refractivity contribution in [2.75, 3.05) is 0 Å². The molecule has 62 heavy (non-hydrogen) atoms. The summed E-state index contributed by atoms with van der Waals surface area (Å²) in [6.45, 7) is 0. The van der Waals surface area contributed by atoms with Gasteiger partial charge in [0.1, 0.15) is 0 Å². The first-order valence-electron chi connectivity index (χ1n) is 21.8. The van der Waals surface area contributed by atoms with Gasteiger partial charge in [-0.2, -0.15) is 0 Å². The van der Waals surface area contributed by atoms with Crippen molar-refractivity contribution in [1.29, 1.82) is 0 Å². The molecule has 1 aliphatic rings. The maximum absolute atomic E-state index is 2.52. The summed E-state index contributed by atoms with van der Waals surface area (Å²) in [6.07, 6.45) is 7.04. The summed E-state index contributed by atoms with van der Waals surface area (Å²) in [4.78, 5) is 0. The molecular formula is C62H42. The molecule has 0 amide bonds. The zero-order chi connectivity index (χ0) is 41.0. The highest BCUT2D eigenvalue weighted by atomic mass is 14.3. The molecule has 0 nitrogen and oxygen atoms in total. The van der Waals surface area contributed by atoms with E-state index >= 15 is 0 Å². The minimum Gasteiger partial charge on any atom is -0.0757 e. The molecule has 0 atom stereocenters. The maximum atomic E-state index is 2.52. The van der Waals surface area contributed by atoms with Gasteiger partial charge < -0.3 is 0 Å². The Morgan fingerprint density at radius 1 is 0.226 bits per heavy atom. The second kappa shape index (κ2) is 15.0. The maximum Gasteiger partial charge on any atom is -0.000150 e. The third-order valence-electron chi connectivity index (χ3n) is 13.0. The summed E-state index contributed by atoms with van der Waals surface area (Å²) in [7, 11) is 0. The summed E-state index contributed by atoms with van der Waals surface area (Å²) in [5.41, 5.74) is 14.9. The summed E-state index contributed by atoms with van der Waals surface area (Å²) in [5, 5.41) is 12.7. The van der Waals surface area contributed by atoms with Gasteiger partial charge in [-0.1, -0.05) is 218 Å². The van der Waals surface area contributed by atoms with Crippen molar-refractivity contribution in [2.24, 2.45) is 0 Å². The Labute approximate surface area is 362 Å². The van der Waals surface area contributed by atoms with E-state index in [9.17, 15) is 0 Å². The average molecular weight is 787 g/mol. The van der Waals surface area contributed by atoms with Gasteiger partial charge in [0.2, 0.25) is 0 Å². The van der Waals surface area contributed by atoms with Crippen LogP contribution in [0.4, 0.5) is 0 Å². The fraction of sp³-hybridized carbons (Fsp3) is 0.0323. The van der Waals surface area contributed by atoms with E-state index in [-0.39, 0.29) is 0 Å². The SMILES string of the molecule is C1=c2c(-c3ccc4ccccc4c3)c3c(-c4ccc(-c5ccccc5)cc4)c4ccccc4c(-c4ccc(-c5ccccc5)cc4)c3c(-c3ccc4ccccc4c3)c2=CCC1. The van der Waals surface area contributed by atoms with Gasteiger partial charge in [0.05, 0.1) is 0 Å². The molecule has 0 aliphatic heterocycles. The summed E-state index contributed by atoms with van der Waals surface area (Å²) in [6, 6.07) is 81.0. The molecule has 0 spiro atoms. The molecule has 0 N–H and O–H groups in total. The van der Waals surface area contributed by atoms with Gasteiger partial charge in [-0.25, -0.2) is 0 Å². The number of rotatable bonds is 6. The third-order valence-corrected chi connectivity index (χ3v) is 13.0. The van der Waals surface area contributed by atoms with E-state index in [2.05, 4.69) is 231 Å². The Morgan fingerprint density at radius 3 is 0.968 bits per heavy atom. The van der Waals surface area contributed by atoms with E-state index in [4.69, 9.17) is 0 Å². The zero-order valence-corrected chi connectivity index (χ0v) is 34.4. The predicted molar refractivity (Wildman–Crippen MR) is 266 cm³/mol. The topological polar surface area (TPSA) is 0 Å². The lowest BCUT2D eigenvalue weighted by Gasteiger charge is -2.25. The molecule has 0 aromatic heterocycles. The highest BCUT2D eigenvalue weighted by Crippen LogP contribution is 2.49. The molecular weight excluding hydrogens is 745 g/mol. The Kier molecular flexibility index (Phi) is 8.75. The second-order valence-corrected chi connectivity index (χ2v) is 16.6. The molecule has 290 valence electrons. The summed E-state index contributed by atoms with van der Waals surface area (Å²) >= 11 is 0. The van der Waals surface area contributed by atoms with E-state index in [1.165, 1.54) is 120 Å². The van der Waals surface area contributed by atoms with Crippen LogP contribution in [0.3, 0.4) is 0 Å². The molecule has 11 aromatic carbocycles. The van der Waals surface area contributed by atoms with Gasteiger partial charge in [-0.15, -0.1) is 0 Å². The van der Waals surface area contributed by atoms with Crippen molar-refractivity contribution in [3.63, 3.8) is 0 Å². The fourth-order valence-electron chi connectivity index (χ4n) is 10.2. The zero-order valence-electron chi connectivity index (χ0n) is 34.4. The smallest absolute Gasteiger partial charge is 0.000150 e. The van der Waals surface area contributed by atoms with Gasteiger partial charge in [-0.05, 0) is 145 Å². The van der Waals surface area contributed by atoms with E-state index in [1.807, 2.05) is 0 Å². The second-order valence-electron chi connectivity index (χ2n) is 16.6. The van der Waals surface area contributed by atoms with Gasteiger partial charge in [0, 0.05) is 0 Å². The Morgan fingerprint density at radius 2 is 0.548 bits per heavy atom. The minimum absolute atomic E-state index is 0.999. The molecule has 11 aromatic rings. The molecule has 1 aliphatic carbocycles. The first-order valence-corrected chi connectivity index (χ1v) is 21.8. The predicted octanol–water partition coefficient (Wildman–Crippen LogP) is 15.7. The van der Waals surface area contributed by atoms with E-state index in [0.717, 1.165) is 12.8 Å². The van der Waals surface area contributed by atoms with Crippen molar-refractivity contribution in [2.45, 2.75) is 12.8 Å². The lowest BCUT2D eigenvalue weighted by molar-refractivity contribution is 1.12. The Hall–Kier alpha value is -7.80. The van der Waals surface area contributed by atoms with Crippen LogP contribution in [0, 0.1) is 0 Å². The highest BCUT2D eigenvalue weighted by molar-refractivity contribution is 6.28. The van der Waals surface area contributed by atoms with Crippen LogP contribution in [-0.4, -0.2) is 0 Å². The van der Waals surface area contributed by atoms with Crippen LogP contribution < -0.4 is 10.4 Å². The Bertz CT molecular complexity index is 3390. The number of hydrogen-bond donors (Lipinski definition) is 0. The number of fused-ring (bicyclic) bond motifs is 5. The third kappa shape index (κ3) is 6.07. The summed E-state index contributed by atoms with van der Waals surface area (Å²) in [5.74, 6) is 0. The van der Waals surface area contributed by atoms with Crippen LogP contribution in [0.15, 0.2) is 218 Å². The molecule has 0 bridgehead atoms. The van der Waals surface area contributed by atoms with Crippen molar-refractivity contribution in [3.8, 4) is 66.8 Å². The first-order chi connectivity index (χ1) is 30.8. The van der Waals surface area contributed by atoms with E-state index < -0.39 is 0 Å². The van der Waals surface area contributed by atoms with E-state index in [1.54, 1.807) is 0 Å². The van der Waals surface area contributed by atoms with Crippen LogP contribution in [0.1, 0.15) is 12.8 Å². The molecule has 0 heterocycles. The van der Waals surface area contributed by atoms with Gasteiger partial charge in [0.15, 0.2) is 0 Å². The van der Waals surface area contributed by atoms with Crippen LogP contribution in [-0.2, 0) is 0 Å². The lowest BCUT2D eigenvalue weighted by atomic mass is 9.77. The van der Waals surface area contributed by atoms with Crippen molar-refractivity contribution in [1.82, 2.24) is 0 Å². The van der Waals surface area contributed by atoms with Crippen molar-refractivity contribution >= 4 is 55.2 Å². The highest BCUT2D eigenvalue weighted by Gasteiger charge is 2.26. The lowest BCUT2D eigenvalue weighted by Crippen LogP contribution is -2.32. The molecule has 0 heteroatoms. The monoisotopic (exact) mass is 786 g/mol. The largest absolute Gasteiger partial charge is 0.0757 e. The standard InChI is InChI=1S/C62H42/c1-3-15-41(16-4-1)45-27-33-47(34-28-45)57-53-23-11-12-24-54(53)58(48-35-29-46(30-36-48)42-17-5-2-6-18-42)62-60(52-38-32-44-20-8-10-22-50(44)40-52)56-26-14-13-25-55(56)59(61(57)62)51-37-31-43-19-7-9-21-49(43)39-51/h1-12,15-40H,13-14H2. The van der Waals surface area contributed by atoms with Crippen molar-refractivity contribution in [3.05, 3.63) is 229 Å². The van der Waals surface area contributed by atoms with E-state index in [0.29, 0.717) is 0 Å². The van der Waals surface area contributed by atoms with Gasteiger partial charge in [0.25, 0.3) is 0 Å².